The molecular weight excluding hydrogens is 482 g/mol. The van der Waals surface area contributed by atoms with Crippen LogP contribution in [0, 0.1) is 11.6 Å². The summed E-state index contributed by atoms with van der Waals surface area (Å²) in [7, 11) is 0. The van der Waals surface area contributed by atoms with Crippen molar-refractivity contribution in [3.8, 4) is 0 Å². The fraction of sp³-hybridized carbons (Fsp3) is 0.370. The van der Waals surface area contributed by atoms with Crippen LogP contribution in [-0.4, -0.2) is 78.5 Å². The Kier molecular flexibility index (Phi) is 8.17. The highest BCUT2D eigenvalue weighted by molar-refractivity contribution is 5.95. The number of nitrogens with zero attached hydrogens (tertiary/aromatic N) is 3. The molecule has 0 spiro atoms. The lowest BCUT2D eigenvalue weighted by atomic mass is 9.94. The van der Waals surface area contributed by atoms with E-state index in [1.54, 1.807) is 30.9 Å². The van der Waals surface area contributed by atoms with Crippen LogP contribution in [0.1, 0.15) is 35.8 Å². The molecule has 1 N–H and O–H groups in total. The van der Waals surface area contributed by atoms with Crippen molar-refractivity contribution in [1.29, 1.82) is 0 Å². The second-order valence-electron chi connectivity index (χ2n) is 8.84. The molecule has 196 valence electrons. The van der Waals surface area contributed by atoms with Crippen LogP contribution in [0.15, 0.2) is 59.8 Å². The molecule has 8 nitrogen and oxygen atoms in total. The summed E-state index contributed by atoms with van der Waals surface area (Å²) in [5.41, 5.74) is 1.48. The van der Waals surface area contributed by atoms with E-state index in [2.05, 4.69) is 5.32 Å². The van der Waals surface area contributed by atoms with Gasteiger partial charge in [0, 0.05) is 50.5 Å². The van der Waals surface area contributed by atoms with Gasteiger partial charge < -0.3 is 15.0 Å². The molecule has 1 saturated heterocycles. The van der Waals surface area contributed by atoms with Crippen molar-refractivity contribution in [3.05, 3.63) is 82.6 Å². The lowest BCUT2D eigenvalue weighted by Gasteiger charge is -2.40. The highest BCUT2D eigenvalue weighted by Gasteiger charge is 2.38. The van der Waals surface area contributed by atoms with Crippen molar-refractivity contribution < 1.29 is 27.9 Å². The first-order valence-corrected chi connectivity index (χ1v) is 12.3. The van der Waals surface area contributed by atoms with E-state index in [1.165, 1.54) is 41.3 Å². The van der Waals surface area contributed by atoms with Crippen LogP contribution in [0.4, 0.5) is 13.6 Å². The number of amides is 3. The molecule has 2 aromatic rings. The highest BCUT2D eigenvalue weighted by Crippen LogP contribution is 2.32. The van der Waals surface area contributed by atoms with E-state index in [0.717, 1.165) is 0 Å². The largest absolute Gasteiger partial charge is 0.463 e. The van der Waals surface area contributed by atoms with Gasteiger partial charge in [-0.3, -0.25) is 14.6 Å². The maximum atomic E-state index is 14.0. The van der Waals surface area contributed by atoms with Gasteiger partial charge in [0.25, 0.3) is 5.91 Å². The molecule has 0 saturated carbocycles. The number of carbonyl (C=O) groups is 3. The molecule has 0 aliphatic carbocycles. The van der Waals surface area contributed by atoms with Crippen LogP contribution in [0.2, 0.25) is 0 Å². The molecule has 3 amide bonds. The Morgan fingerprint density at radius 2 is 1.68 bits per heavy atom. The third kappa shape index (κ3) is 5.80. The molecule has 4 rings (SSSR count). The number of piperazine rings is 1. The minimum absolute atomic E-state index is 0.145. The topological polar surface area (TPSA) is 82.2 Å². The monoisotopic (exact) mass is 512 g/mol. The number of hydrogen-bond donors (Lipinski definition) is 1. The van der Waals surface area contributed by atoms with Gasteiger partial charge in [0.2, 0.25) is 0 Å². The molecule has 1 atom stereocenters. The van der Waals surface area contributed by atoms with Gasteiger partial charge in [-0.1, -0.05) is 18.2 Å². The maximum Gasteiger partial charge on any atom is 0.338 e. The zero-order valence-corrected chi connectivity index (χ0v) is 20.9. The minimum atomic E-state index is -0.865. The van der Waals surface area contributed by atoms with E-state index in [1.807, 2.05) is 4.90 Å². The summed E-state index contributed by atoms with van der Waals surface area (Å²) in [6.45, 7) is 6.03. The zero-order chi connectivity index (χ0) is 26.5. The molecule has 1 fully saturated rings. The molecular formula is C27H30F2N4O4. The Morgan fingerprint density at radius 3 is 2.30 bits per heavy atom. The van der Waals surface area contributed by atoms with Gasteiger partial charge in [0.1, 0.15) is 11.6 Å². The quantitative estimate of drug-likeness (QED) is 0.576. The molecule has 0 aromatic heterocycles. The maximum absolute atomic E-state index is 14.0. The Balaban J connectivity index is 1.59. The molecule has 37 heavy (non-hydrogen) atoms. The summed E-state index contributed by atoms with van der Waals surface area (Å²) < 4.78 is 33.0. The second-order valence-corrected chi connectivity index (χ2v) is 8.84. The Labute approximate surface area is 214 Å². The minimum Gasteiger partial charge on any atom is -0.463 e. The first-order chi connectivity index (χ1) is 17.8. The van der Waals surface area contributed by atoms with Crippen molar-refractivity contribution in [3.63, 3.8) is 0 Å². The van der Waals surface area contributed by atoms with Crippen LogP contribution in [-0.2, 0) is 9.53 Å². The fourth-order valence-corrected chi connectivity index (χ4v) is 4.72. The fourth-order valence-electron chi connectivity index (χ4n) is 4.72. The number of halogens is 2. The average Bonchev–Trinajstić information content (AvgIpc) is 2.88. The lowest BCUT2D eigenvalue weighted by Crippen LogP contribution is -2.53. The molecule has 2 aliphatic rings. The van der Waals surface area contributed by atoms with Crippen molar-refractivity contribution >= 4 is 17.9 Å². The SMILES string of the molecule is CCOC(=O)C1=C(CN2CCN(C(=O)c3cccc(F)c3)CC2)N(CC)C(=O)N[C@@H]1c1cccc(F)c1. The molecule has 2 heterocycles. The Bertz CT molecular complexity index is 1210. The number of likely N-dealkylation sites (N-methyl/N-ethyl adjacent to an activating group) is 1. The summed E-state index contributed by atoms with van der Waals surface area (Å²) in [6.07, 6.45) is 0. The number of hydrogen-bond acceptors (Lipinski definition) is 5. The van der Waals surface area contributed by atoms with Gasteiger partial charge in [-0.15, -0.1) is 0 Å². The number of benzene rings is 2. The van der Waals surface area contributed by atoms with Crippen LogP contribution < -0.4 is 5.32 Å². The molecule has 0 bridgehead atoms. The van der Waals surface area contributed by atoms with Crippen molar-refractivity contribution in [1.82, 2.24) is 20.0 Å². The van der Waals surface area contributed by atoms with E-state index in [-0.39, 0.29) is 30.7 Å². The van der Waals surface area contributed by atoms with Crippen LogP contribution in [0.5, 0.6) is 0 Å². The predicted octanol–water partition coefficient (Wildman–Crippen LogP) is 3.33. The highest BCUT2D eigenvalue weighted by atomic mass is 19.1. The standard InChI is InChI=1S/C27H30F2N4O4/c1-3-33-22(17-31-11-13-32(14-12-31)25(34)19-8-6-10-21(29)16-19)23(26(35)37-4-2)24(30-27(33)36)18-7-5-9-20(28)15-18/h5-10,15-16,24H,3-4,11-14,17H2,1-2H3,(H,30,36)/t24-/m1/s1. The summed E-state index contributed by atoms with van der Waals surface area (Å²) in [5, 5.41) is 2.82. The van der Waals surface area contributed by atoms with E-state index >= 15 is 0 Å². The van der Waals surface area contributed by atoms with Crippen LogP contribution in [0.25, 0.3) is 0 Å². The summed E-state index contributed by atoms with van der Waals surface area (Å²) in [5.74, 6) is -1.77. The normalized spacial score (nSPS) is 18.6. The van der Waals surface area contributed by atoms with Gasteiger partial charge in [-0.05, 0) is 49.7 Å². The van der Waals surface area contributed by atoms with E-state index < -0.39 is 23.6 Å². The number of ether oxygens (including phenoxy) is 1. The summed E-state index contributed by atoms with van der Waals surface area (Å²) in [6, 6.07) is 10.1. The summed E-state index contributed by atoms with van der Waals surface area (Å²) in [4.78, 5) is 44.2. The van der Waals surface area contributed by atoms with Gasteiger partial charge >= 0.3 is 12.0 Å². The van der Waals surface area contributed by atoms with Crippen molar-refractivity contribution in [2.45, 2.75) is 19.9 Å². The molecule has 10 heteroatoms. The van der Waals surface area contributed by atoms with E-state index in [9.17, 15) is 23.2 Å². The number of urea groups is 1. The predicted molar refractivity (Wildman–Crippen MR) is 132 cm³/mol. The number of nitrogens with one attached hydrogen (secondary N) is 1. The zero-order valence-electron chi connectivity index (χ0n) is 20.9. The van der Waals surface area contributed by atoms with Gasteiger partial charge in [0.15, 0.2) is 0 Å². The molecule has 2 aliphatic heterocycles. The number of carbonyl (C=O) groups excluding carboxylic acids is 3. The Hall–Kier alpha value is -3.79. The molecule has 2 aromatic carbocycles. The van der Waals surface area contributed by atoms with Gasteiger partial charge in [-0.25, -0.2) is 18.4 Å². The van der Waals surface area contributed by atoms with Crippen LogP contribution >= 0.6 is 0 Å². The smallest absolute Gasteiger partial charge is 0.338 e. The molecule has 0 radical (unpaired) electrons. The average molecular weight is 513 g/mol. The first kappa shape index (κ1) is 26.3. The third-order valence-corrected chi connectivity index (χ3v) is 6.54. The van der Waals surface area contributed by atoms with E-state index in [4.69, 9.17) is 4.74 Å². The number of rotatable bonds is 7. The third-order valence-electron chi connectivity index (χ3n) is 6.54. The van der Waals surface area contributed by atoms with Crippen LogP contribution in [0.3, 0.4) is 0 Å². The van der Waals surface area contributed by atoms with E-state index in [0.29, 0.717) is 49.5 Å². The number of esters is 1. The molecule has 0 unspecified atom stereocenters. The van der Waals surface area contributed by atoms with Gasteiger partial charge in [-0.2, -0.15) is 0 Å². The van der Waals surface area contributed by atoms with Crippen molar-refractivity contribution in [2.24, 2.45) is 0 Å². The lowest BCUT2D eigenvalue weighted by molar-refractivity contribution is -0.139. The second kappa shape index (κ2) is 11.5. The van der Waals surface area contributed by atoms with Gasteiger partial charge in [0.05, 0.1) is 18.2 Å². The summed E-state index contributed by atoms with van der Waals surface area (Å²) >= 11 is 0. The first-order valence-electron chi connectivity index (χ1n) is 12.3. The van der Waals surface area contributed by atoms with Crippen molar-refractivity contribution in [2.75, 3.05) is 45.9 Å². The Morgan fingerprint density at radius 1 is 1.00 bits per heavy atom.